The van der Waals surface area contributed by atoms with Gasteiger partial charge in [0.15, 0.2) is 5.82 Å². The van der Waals surface area contributed by atoms with Crippen molar-refractivity contribution in [2.45, 2.75) is 32.6 Å². The quantitative estimate of drug-likeness (QED) is 0.937. The van der Waals surface area contributed by atoms with Crippen molar-refractivity contribution in [1.82, 2.24) is 19.7 Å². The van der Waals surface area contributed by atoms with Crippen molar-refractivity contribution >= 4 is 11.6 Å². The minimum Gasteiger partial charge on any atom is -0.325 e. The van der Waals surface area contributed by atoms with Crippen LogP contribution in [0.4, 0.5) is 5.69 Å². The number of likely N-dealkylation sites (tertiary alicyclic amines) is 1. The minimum absolute atomic E-state index is 0.0510. The van der Waals surface area contributed by atoms with Gasteiger partial charge in [-0.2, -0.15) is 0 Å². The van der Waals surface area contributed by atoms with Crippen molar-refractivity contribution in [2.24, 2.45) is 7.05 Å². The van der Waals surface area contributed by atoms with Gasteiger partial charge in [0.2, 0.25) is 5.91 Å². The van der Waals surface area contributed by atoms with Gasteiger partial charge in [0.1, 0.15) is 6.33 Å². The van der Waals surface area contributed by atoms with Crippen LogP contribution in [0.2, 0.25) is 0 Å². The highest BCUT2D eigenvalue weighted by Gasteiger charge is 2.15. The van der Waals surface area contributed by atoms with E-state index in [-0.39, 0.29) is 5.91 Å². The molecule has 0 aliphatic carbocycles. The summed E-state index contributed by atoms with van der Waals surface area (Å²) in [6.45, 7) is 4.51. The predicted molar refractivity (Wildman–Crippen MR) is 94.7 cm³/mol. The second-order valence-electron chi connectivity index (χ2n) is 6.48. The zero-order valence-corrected chi connectivity index (χ0v) is 14.5. The Morgan fingerprint density at radius 1 is 1.21 bits per heavy atom. The van der Waals surface area contributed by atoms with Gasteiger partial charge < -0.3 is 9.88 Å². The molecule has 0 bridgehead atoms. The molecular formula is C18H25N5O. The topological polar surface area (TPSA) is 63.1 Å². The van der Waals surface area contributed by atoms with Gasteiger partial charge in [0.25, 0.3) is 0 Å². The van der Waals surface area contributed by atoms with Gasteiger partial charge in [-0.1, -0.05) is 25.0 Å². The fraction of sp³-hybridized carbons (Fsp3) is 0.500. The van der Waals surface area contributed by atoms with Gasteiger partial charge in [-0.3, -0.25) is 9.69 Å². The van der Waals surface area contributed by atoms with Crippen LogP contribution in [0.3, 0.4) is 0 Å². The highest BCUT2D eigenvalue weighted by Crippen LogP contribution is 2.26. The number of anilines is 1. The predicted octanol–water partition coefficient (Wildman–Crippen LogP) is 2.61. The van der Waals surface area contributed by atoms with Gasteiger partial charge >= 0.3 is 0 Å². The first-order valence-corrected chi connectivity index (χ1v) is 8.61. The average Bonchev–Trinajstić information content (AvgIpc) is 2.82. The largest absolute Gasteiger partial charge is 0.325 e. The number of hydrogen-bond donors (Lipinski definition) is 1. The molecule has 6 heteroatoms. The number of carbonyl (C=O) groups is 1. The smallest absolute Gasteiger partial charge is 0.238 e. The molecule has 1 N–H and O–H groups in total. The van der Waals surface area contributed by atoms with Gasteiger partial charge in [-0.15, -0.1) is 10.2 Å². The molecule has 0 radical (unpaired) electrons. The molecule has 2 heterocycles. The van der Waals surface area contributed by atoms with Crippen LogP contribution in [0.5, 0.6) is 0 Å². The summed E-state index contributed by atoms with van der Waals surface area (Å²) in [5.41, 5.74) is 2.84. The molecule has 1 saturated heterocycles. The fourth-order valence-electron chi connectivity index (χ4n) is 3.23. The Bertz CT molecular complexity index is 701. The zero-order chi connectivity index (χ0) is 16.9. The number of nitrogens with one attached hydrogen (secondary N) is 1. The van der Waals surface area contributed by atoms with Crippen LogP contribution in [0.1, 0.15) is 31.2 Å². The standard InChI is InChI=1S/C18H25N5O/c1-14-15(18-21-19-13-22(18)2)8-7-9-16(14)20-17(24)12-23-10-5-3-4-6-11-23/h7-9,13H,3-6,10-12H2,1-2H3,(H,20,24). The molecule has 2 aromatic rings. The fourth-order valence-corrected chi connectivity index (χ4v) is 3.23. The molecule has 1 aliphatic rings. The van der Waals surface area contributed by atoms with Crippen LogP contribution < -0.4 is 5.32 Å². The van der Waals surface area contributed by atoms with Gasteiger partial charge in [0.05, 0.1) is 6.54 Å². The van der Waals surface area contributed by atoms with Crippen LogP contribution in [0.25, 0.3) is 11.4 Å². The van der Waals surface area contributed by atoms with Crippen molar-refractivity contribution in [2.75, 3.05) is 25.0 Å². The summed E-state index contributed by atoms with van der Waals surface area (Å²) in [4.78, 5) is 14.7. The van der Waals surface area contributed by atoms with E-state index in [4.69, 9.17) is 0 Å². The summed E-state index contributed by atoms with van der Waals surface area (Å²) in [6.07, 6.45) is 6.61. The van der Waals surface area contributed by atoms with Gasteiger partial charge in [0, 0.05) is 18.3 Å². The summed E-state index contributed by atoms with van der Waals surface area (Å²) in [5.74, 6) is 0.853. The Hall–Kier alpha value is -2.21. The Morgan fingerprint density at radius 2 is 1.96 bits per heavy atom. The number of amides is 1. The van der Waals surface area contributed by atoms with Crippen LogP contribution in [-0.4, -0.2) is 45.2 Å². The lowest BCUT2D eigenvalue weighted by atomic mass is 10.1. The molecule has 6 nitrogen and oxygen atoms in total. The summed E-state index contributed by atoms with van der Waals surface area (Å²) in [5, 5.41) is 11.2. The molecule has 0 saturated carbocycles. The number of nitrogens with zero attached hydrogens (tertiary/aromatic N) is 4. The van der Waals surface area contributed by atoms with E-state index in [1.807, 2.05) is 36.7 Å². The van der Waals surface area contributed by atoms with Crippen molar-refractivity contribution in [3.63, 3.8) is 0 Å². The number of aryl methyl sites for hydroxylation is 1. The highest BCUT2D eigenvalue weighted by molar-refractivity contribution is 5.94. The maximum atomic E-state index is 12.4. The molecular weight excluding hydrogens is 302 g/mol. The zero-order valence-electron chi connectivity index (χ0n) is 14.5. The van der Waals surface area contributed by atoms with E-state index in [0.717, 1.165) is 35.7 Å². The molecule has 24 heavy (non-hydrogen) atoms. The van der Waals surface area contributed by atoms with Crippen LogP contribution >= 0.6 is 0 Å². The Kier molecular flexibility index (Phi) is 5.25. The molecule has 0 unspecified atom stereocenters. The van der Waals surface area contributed by atoms with E-state index in [1.165, 1.54) is 25.7 Å². The lowest BCUT2D eigenvalue weighted by Crippen LogP contribution is -2.34. The summed E-state index contributed by atoms with van der Waals surface area (Å²) >= 11 is 0. The van der Waals surface area contributed by atoms with Crippen molar-refractivity contribution in [3.8, 4) is 11.4 Å². The molecule has 128 valence electrons. The minimum atomic E-state index is 0.0510. The van der Waals surface area contributed by atoms with E-state index >= 15 is 0 Å². The third-order valence-corrected chi connectivity index (χ3v) is 4.63. The van der Waals surface area contributed by atoms with E-state index < -0.39 is 0 Å². The lowest BCUT2D eigenvalue weighted by Gasteiger charge is -2.19. The van der Waals surface area contributed by atoms with Crippen LogP contribution in [-0.2, 0) is 11.8 Å². The second-order valence-corrected chi connectivity index (χ2v) is 6.48. The third kappa shape index (κ3) is 3.82. The number of aromatic nitrogens is 3. The van der Waals surface area contributed by atoms with E-state index in [1.54, 1.807) is 6.33 Å². The number of benzene rings is 1. The molecule has 0 spiro atoms. The van der Waals surface area contributed by atoms with Gasteiger partial charge in [-0.25, -0.2) is 0 Å². The van der Waals surface area contributed by atoms with E-state index in [9.17, 15) is 4.79 Å². The summed E-state index contributed by atoms with van der Waals surface area (Å²) in [7, 11) is 1.92. The van der Waals surface area contributed by atoms with E-state index in [2.05, 4.69) is 20.4 Å². The van der Waals surface area contributed by atoms with Crippen molar-refractivity contribution < 1.29 is 4.79 Å². The Morgan fingerprint density at radius 3 is 2.62 bits per heavy atom. The monoisotopic (exact) mass is 327 g/mol. The molecule has 1 aromatic heterocycles. The van der Waals surface area contributed by atoms with Crippen LogP contribution in [0.15, 0.2) is 24.5 Å². The number of rotatable bonds is 4. The average molecular weight is 327 g/mol. The Labute approximate surface area is 142 Å². The molecule has 1 amide bonds. The molecule has 1 aromatic carbocycles. The number of carbonyl (C=O) groups excluding carboxylic acids is 1. The summed E-state index contributed by atoms with van der Waals surface area (Å²) < 4.78 is 1.88. The first-order chi connectivity index (χ1) is 11.6. The maximum absolute atomic E-state index is 12.4. The summed E-state index contributed by atoms with van der Waals surface area (Å²) in [6, 6.07) is 5.89. The highest BCUT2D eigenvalue weighted by atomic mass is 16.2. The maximum Gasteiger partial charge on any atom is 0.238 e. The van der Waals surface area contributed by atoms with Crippen LogP contribution in [0, 0.1) is 6.92 Å². The van der Waals surface area contributed by atoms with Crippen molar-refractivity contribution in [1.29, 1.82) is 0 Å². The molecule has 1 fully saturated rings. The SMILES string of the molecule is Cc1c(NC(=O)CN2CCCCCC2)cccc1-c1nncn1C. The third-order valence-electron chi connectivity index (χ3n) is 4.63. The van der Waals surface area contributed by atoms with Crippen molar-refractivity contribution in [3.05, 3.63) is 30.1 Å². The molecule has 0 atom stereocenters. The second kappa shape index (κ2) is 7.57. The molecule has 3 rings (SSSR count). The lowest BCUT2D eigenvalue weighted by molar-refractivity contribution is -0.117. The molecule has 1 aliphatic heterocycles. The normalized spacial score (nSPS) is 15.9. The number of hydrogen-bond acceptors (Lipinski definition) is 4. The van der Waals surface area contributed by atoms with E-state index in [0.29, 0.717) is 6.54 Å². The first kappa shape index (κ1) is 16.6. The van der Waals surface area contributed by atoms with Gasteiger partial charge in [-0.05, 0) is 44.5 Å². The Balaban J connectivity index is 1.71. The first-order valence-electron chi connectivity index (χ1n) is 8.61.